The predicted molar refractivity (Wildman–Crippen MR) is 102 cm³/mol. The highest BCUT2D eigenvalue weighted by Crippen LogP contribution is 2.26. The second-order valence-corrected chi connectivity index (χ2v) is 7.87. The third kappa shape index (κ3) is 7.43. The minimum absolute atomic E-state index is 0.180. The van der Waals surface area contributed by atoms with Crippen LogP contribution in [0.4, 0.5) is 0 Å². The van der Waals surface area contributed by atoms with Crippen molar-refractivity contribution >= 4 is 23.6 Å². The number of carbonyl (C=O) groups excluding carboxylic acids is 2. The molecule has 0 aliphatic carbocycles. The van der Waals surface area contributed by atoms with E-state index in [2.05, 4.69) is 30.4 Å². The van der Waals surface area contributed by atoms with E-state index < -0.39 is 0 Å². The van der Waals surface area contributed by atoms with Crippen molar-refractivity contribution in [3.63, 3.8) is 0 Å². The van der Waals surface area contributed by atoms with Crippen molar-refractivity contribution in [3.8, 4) is 0 Å². The third-order valence-electron chi connectivity index (χ3n) is 4.96. The van der Waals surface area contributed by atoms with Crippen LogP contribution in [-0.2, 0) is 9.59 Å². The van der Waals surface area contributed by atoms with Gasteiger partial charge >= 0.3 is 0 Å². The molecule has 1 aliphatic rings. The highest BCUT2D eigenvalue weighted by molar-refractivity contribution is 7.99. The maximum absolute atomic E-state index is 12.1. The quantitative estimate of drug-likeness (QED) is 0.406. The Morgan fingerprint density at radius 2 is 1.96 bits per heavy atom. The Morgan fingerprint density at radius 1 is 1.25 bits per heavy atom. The number of β-lactam (4-membered cyclic amide) rings is 1. The van der Waals surface area contributed by atoms with Gasteiger partial charge in [0.05, 0.1) is 5.92 Å². The molecule has 1 fully saturated rings. The number of carbonyl (C=O) groups is 2. The molecule has 5 nitrogen and oxygen atoms in total. The van der Waals surface area contributed by atoms with Gasteiger partial charge in [0.15, 0.2) is 0 Å². The lowest BCUT2D eigenvalue weighted by molar-refractivity contribution is -0.131. The Labute approximate surface area is 151 Å². The number of unbranched alkanes of at least 4 members (excludes halogenated alkanes) is 2. The summed E-state index contributed by atoms with van der Waals surface area (Å²) in [4.78, 5) is 27.8. The molecule has 1 saturated heterocycles. The minimum atomic E-state index is 0.180. The first-order valence-corrected chi connectivity index (χ1v) is 10.5. The normalized spacial score (nSPS) is 18.2. The van der Waals surface area contributed by atoms with Gasteiger partial charge in [0.2, 0.25) is 11.8 Å². The Bertz CT molecular complexity index is 392. The molecule has 0 aromatic rings. The summed E-state index contributed by atoms with van der Waals surface area (Å²) >= 11 is 1.78. The van der Waals surface area contributed by atoms with E-state index in [1.54, 1.807) is 11.8 Å². The van der Waals surface area contributed by atoms with Gasteiger partial charge in [-0.25, -0.2) is 0 Å². The summed E-state index contributed by atoms with van der Waals surface area (Å²) in [5, 5.41) is 3.22. The molecule has 0 aromatic heterocycles. The van der Waals surface area contributed by atoms with Crippen LogP contribution in [0.3, 0.4) is 0 Å². The summed E-state index contributed by atoms with van der Waals surface area (Å²) in [5.74, 6) is 0.624. The lowest BCUT2D eigenvalue weighted by Gasteiger charge is -2.32. The molecule has 0 aromatic carbocycles. The summed E-state index contributed by atoms with van der Waals surface area (Å²) in [6.07, 6.45) is 7.89. The van der Waals surface area contributed by atoms with Gasteiger partial charge in [-0.15, -0.1) is 0 Å². The van der Waals surface area contributed by atoms with Crippen molar-refractivity contribution in [2.45, 2.75) is 50.7 Å². The fraction of sp³-hybridized carbons (Fsp3) is 0.889. The van der Waals surface area contributed by atoms with Crippen LogP contribution in [0.2, 0.25) is 0 Å². The van der Waals surface area contributed by atoms with Gasteiger partial charge in [-0.3, -0.25) is 9.59 Å². The smallest absolute Gasteiger partial charge is 0.226 e. The van der Waals surface area contributed by atoms with E-state index in [9.17, 15) is 9.59 Å². The molecular weight excluding hydrogens is 322 g/mol. The second-order valence-electron chi connectivity index (χ2n) is 6.79. The van der Waals surface area contributed by atoms with Crippen molar-refractivity contribution in [3.05, 3.63) is 0 Å². The standard InChI is InChI=1S/C18H35N3O2S/c1-5-20(2)12-8-9-13-21(3)17(22)11-7-6-10-16(24-4)15-14-19-18(15)23/h15-16H,5-14H2,1-4H3,(H,19,23). The molecule has 0 spiro atoms. The molecule has 1 heterocycles. The van der Waals surface area contributed by atoms with Crippen molar-refractivity contribution in [1.29, 1.82) is 0 Å². The van der Waals surface area contributed by atoms with Gasteiger partial charge in [-0.1, -0.05) is 13.3 Å². The van der Waals surface area contributed by atoms with Gasteiger partial charge < -0.3 is 15.1 Å². The Kier molecular flexibility index (Phi) is 10.4. The molecule has 2 atom stereocenters. The van der Waals surface area contributed by atoms with E-state index in [0.29, 0.717) is 11.7 Å². The van der Waals surface area contributed by atoms with Crippen LogP contribution in [0.5, 0.6) is 0 Å². The summed E-state index contributed by atoms with van der Waals surface area (Å²) in [6, 6.07) is 0. The Morgan fingerprint density at radius 3 is 2.50 bits per heavy atom. The maximum atomic E-state index is 12.1. The van der Waals surface area contributed by atoms with Crippen LogP contribution in [0.1, 0.15) is 45.4 Å². The number of nitrogens with one attached hydrogen (secondary N) is 1. The fourth-order valence-electron chi connectivity index (χ4n) is 2.91. The summed E-state index contributed by atoms with van der Waals surface area (Å²) < 4.78 is 0. The van der Waals surface area contributed by atoms with Crippen LogP contribution in [0, 0.1) is 5.92 Å². The first kappa shape index (κ1) is 21.3. The van der Waals surface area contributed by atoms with Gasteiger partial charge in [-0.2, -0.15) is 11.8 Å². The van der Waals surface area contributed by atoms with E-state index in [-0.39, 0.29) is 17.7 Å². The fourth-order valence-corrected chi connectivity index (χ4v) is 3.86. The average molecular weight is 358 g/mol. The van der Waals surface area contributed by atoms with Crippen molar-refractivity contribution in [1.82, 2.24) is 15.1 Å². The average Bonchev–Trinajstić information content (AvgIpc) is 2.58. The highest BCUT2D eigenvalue weighted by Gasteiger charge is 2.34. The van der Waals surface area contributed by atoms with Gasteiger partial charge in [0.1, 0.15) is 0 Å². The minimum Gasteiger partial charge on any atom is -0.355 e. The molecule has 2 amide bonds. The lowest BCUT2D eigenvalue weighted by Crippen LogP contribution is -2.53. The van der Waals surface area contributed by atoms with Crippen LogP contribution in [0.15, 0.2) is 0 Å². The van der Waals surface area contributed by atoms with Crippen molar-refractivity contribution in [2.75, 3.05) is 46.5 Å². The van der Waals surface area contributed by atoms with E-state index in [4.69, 9.17) is 0 Å². The lowest BCUT2D eigenvalue weighted by atomic mass is 9.94. The van der Waals surface area contributed by atoms with Crippen molar-refractivity contribution in [2.24, 2.45) is 5.92 Å². The second kappa shape index (κ2) is 11.7. The largest absolute Gasteiger partial charge is 0.355 e. The van der Waals surface area contributed by atoms with Crippen molar-refractivity contribution < 1.29 is 9.59 Å². The molecule has 0 bridgehead atoms. The first-order valence-electron chi connectivity index (χ1n) is 9.22. The van der Waals surface area contributed by atoms with Gasteiger partial charge in [0, 0.05) is 31.8 Å². The Balaban J connectivity index is 2.08. The molecule has 0 radical (unpaired) electrons. The van der Waals surface area contributed by atoms with Gasteiger partial charge in [-0.05, 0) is 52.1 Å². The number of nitrogens with zero attached hydrogens (tertiary/aromatic N) is 2. The zero-order chi connectivity index (χ0) is 17.9. The number of thioether (sulfide) groups is 1. The number of hydrogen-bond donors (Lipinski definition) is 1. The van der Waals surface area contributed by atoms with E-state index in [1.165, 1.54) is 0 Å². The predicted octanol–water partition coefficient (Wildman–Crippen LogP) is 2.21. The zero-order valence-electron chi connectivity index (χ0n) is 15.8. The van der Waals surface area contributed by atoms with Crippen LogP contribution in [0.25, 0.3) is 0 Å². The molecule has 6 heteroatoms. The van der Waals surface area contributed by atoms with Crippen LogP contribution >= 0.6 is 11.8 Å². The van der Waals surface area contributed by atoms with E-state index in [1.807, 2.05) is 11.9 Å². The van der Waals surface area contributed by atoms with Crippen LogP contribution < -0.4 is 5.32 Å². The molecule has 2 unspecified atom stereocenters. The Hall–Kier alpha value is -0.750. The van der Waals surface area contributed by atoms with Crippen LogP contribution in [-0.4, -0.2) is 73.4 Å². The monoisotopic (exact) mass is 357 g/mol. The number of rotatable bonds is 13. The summed E-state index contributed by atoms with van der Waals surface area (Å²) in [7, 11) is 4.04. The molecule has 1 N–H and O–H groups in total. The third-order valence-corrected chi connectivity index (χ3v) is 6.13. The molecule has 24 heavy (non-hydrogen) atoms. The van der Waals surface area contributed by atoms with E-state index >= 15 is 0 Å². The molecule has 140 valence electrons. The molecule has 0 saturated carbocycles. The van der Waals surface area contributed by atoms with E-state index in [0.717, 1.165) is 58.3 Å². The van der Waals surface area contributed by atoms with Gasteiger partial charge in [0.25, 0.3) is 0 Å². The summed E-state index contributed by atoms with van der Waals surface area (Å²) in [6.45, 7) is 6.01. The zero-order valence-corrected chi connectivity index (χ0v) is 16.7. The first-order chi connectivity index (χ1) is 11.5. The number of amides is 2. The molecular formula is C18H35N3O2S. The number of hydrogen-bond acceptors (Lipinski definition) is 4. The highest BCUT2D eigenvalue weighted by atomic mass is 32.2. The maximum Gasteiger partial charge on any atom is 0.226 e. The summed E-state index contributed by atoms with van der Waals surface area (Å²) in [5.41, 5.74) is 0. The topological polar surface area (TPSA) is 52.6 Å². The molecule has 1 rings (SSSR count). The SMILES string of the molecule is CCN(C)CCCCN(C)C(=O)CCCCC(SC)C1CNC1=O. The molecule has 1 aliphatic heterocycles.